The van der Waals surface area contributed by atoms with Gasteiger partial charge in [0, 0.05) is 23.1 Å². The van der Waals surface area contributed by atoms with Crippen LogP contribution in [0.1, 0.15) is 16.9 Å². The van der Waals surface area contributed by atoms with E-state index in [1.165, 1.54) is 6.08 Å². The van der Waals surface area contributed by atoms with Crippen LogP contribution in [0.25, 0.3) is 6.08 Å². The van der Waals surface area contributed by atoms with Crippen LogP contribution in [-0.2, 0) is 16.0 Å². The van der Waals surface area contributed by atoms with Crippen molar-refractivity contribution in [1.82, 2.24) is 0 Å². The van der Waals surface area contributed by atoms with Gasteiger partial charge in [0.2, 0.25) is 5.91 Å². The molecule has 0 spiro atoms. The number of esters is 1. The van der Waals surface area contributed by atoms with Gasteiger partial charge < -0.3 is 10.1 Å². The van der Waals surface area contributed by atoms with Crippen LogP contribution in [0.4, 0.5) is 5.69 Å². The first kappa shape index (κ1) is 13.6. The van der Waals surface area contributed by atoms with Gasteiger partial charge in [-0.2, -0.15) is 0 Å². The highest BCUT2D eigenvalue weighted by Gasteiger charge is 2.15. The molecular weight excluding hydrogens is 286 g/mol. The van der Waals surface area contributed by atoms with Crippen LogP contribution in [0, 0.1) is 0 Å². The molecule has 1 aliphatic rings. The molecule has 1 aliphatic heterocycles. The molecule has 21 heavy (non-hydrogen) atoms. The number of nitrogens with one attached hydrogen (secondary N) is 1. The van der Waals surface area contributed by atoms with E-state index >= 15 is 0 Å². The Morgan fingerprint density at radius 2 is 2.19 bits per heavy atom. The van der Waals surface area contributed by atoms with Crippen LogP contribution in [0.2, 0.25) is 0 Å². The molecule has 0 fully saturated rings. The largest absolute Gasteiger partial charge is 0.423 e. The Hall–Kier alpha value is -2.40. The molecule has 1 N–H and O–H groups in total. The standard InChI is InChI=1S/C16H13NO3S/c18-15-7-3-11-10-12(4-6-14(11)17-15)20-16(19)8-5-13-2-1-9-21-13/h1-2,4-6,8-10H,3,7H2,(H,17,18). The molecule has 0 atom stereocenters. The summed E-state index contributed by atoms with van der Waals surface area (Å²) in [4.78, 5) is 24.0. The maximum atomic E-state index is 11.8. The lowest BCUT2D eigenvalue weighted by Crippen LogP contribution is -2.19. The van der Waals surface area contributed by atoms with E-state index in [1.807, 2.05) is 17.5 Å². The summed E-state index contributed by atoms with van der Waals surface area (Å²) in [6.07, 6.45) is 4.26. The predicted molar refractivity (Wildman–Crippen MR) is 82.4 cm³/mol. The minimum atomic E-state index is -0.414. The Bertz CT molecular complexity index is 704. The summed E-state index contributed by atoms with van der Waals surface area (Å²) in [5, 5.41) is 4.74. The van der Waals surface area contributed by atoms with Gasteiger partial charge in [0.25, 0.3) is 0 Å². The summed E-state index contributed by atoms with van der Waals surface area (Å²) in [6.45, 7) is 0. The number of anilines is 1. The fourth-order valence-corrected chi connectivity index (χ4v) is 2.73. The first-order valence-corrected chi connectivity index (χ1v) is 7.45. The Balaban J connectivity index is 1.68. The summed E-state index contributed by atoms with van der Waals surface area (Å²) in [6, 6.07) is 9.09. The summed E-state index contributed by atoms with van der Waals surface area (Å²) in [5.41, 5.74) is 1.78. The molecule has 0 bridgehead atoms. The zero-order valence-corrected chi connectivity index (χ0v) is 12.0. The van der Waals surface area contributed by atoms with E-state index in [9.17, 15) is 9.59 Å². The van der Waals surface area contributed by atoms with E-state index in [-0.39, 0.29) is 5.91 Å². The van der Waals surface area contributed by atoms with Crippen molar-refractivity contribution in [3.63, 3.8) is 0 Å². The fraction of sp³-hybridized carbons (Fsp3) is 0.125. The topological polar surface area (TPSA) is 55.4 Å². The third-order valence-electron chi connectivity index (χ3n) is 3.12. The molecule has 0 saturated heterocycles. The number of hydrogen-bond acceptors (Lipinski definition) is 4. The molecule has 4 nitrogen and oxygen atoms in total. The number of thiophene rings is 1. The number of carbonyl (C=O) groups excluding carboxylic acids is 2. The van der Waals surface area contributed by atoms with E-state index in [0.29, 0.717) is 18.6 Å². The van der Waals surface area contributed by atoms with E-state index in [2.05, 4.69) is 5.32 Å². The van der Waals surface area contributed by atoms with Gasteiger partial charge in [-0.25, -0.2) is 4.79 Å². The van der Waals surface area contributed by atoms with Gasteiger partial charge in [0.1, 0.15) is 5.75 Å². The van der Waals surface area contributed by atoms with Gasteiger partial charge in [-0.1, -0.05) is 6.07 Å². The van der Waals surface area contributed by atoms with Crippen molar-refractivity contribution in [2.24, 2.45) is 0 Å². The van der Waals surface area contributed by atoms with Crippen molar-refractivity contribution < 1.29 is 14.3 Å². The Kier molecular flexibility index (Phi) is 3.83. The Morgan fingerprint density at radius 3 is 3.00 bits per heavy atom. The van der Waals surface area contributed by atoms with Crippen LogP contribution < -0.4 is 10.1 Å². The van der Waals surface area contributed by atoms with Crippen molar-refractivity contribution in [3.8, 4) is 5.75 Å². The number of carbonyl (C=O) groups is 2. The lowest BCUT2D eigenvalue weighted by Gasteiger charge is -2.17. The number of ether oxygens (including phenoxy) is 1. The number of hydrogen-bond donors (Lipinski definition) is 1. The quantitative estimate of drug-likeness (QED) is 0.538. The van der Waals surface area contributed by atoms with Gasteiger partial charge in [0.05, 0.1) is 0 Å². The van der Waals surface area contributed by atoms with Crippen LogP contribution in [0.5, 0.6) is 5.75 Å². The average molecular weight is 299 g/mol. The van der Waals surface area contributed by atoms with E-state index in [4.69, 9.17) is 4.74 Å². The number of benzene rings is 1. The third-order valence-corrected chi connectivity index (χ3v) is 3.96. The molecule has 0 radical (unpaired) electrons. The minimum Gasteiger partial charge on any atom is -0.423 e. The number of rotatable bonds is 3. The minimum absolute atomic E-state index is 0.0196. The highest BCUT2D eigenvalue weighted by Crippen LogP contribution is 2.26. The van der Waals surface area contributed by atoms with E-state index in [1.54, 1.807) is 35.6 Å². The molecule has 1 aromatic carbocycles. The van der Waals surface area contributed by atoms with Gasteiger partial charge >= 0.3 is 5.97 Å². The molecule has 1 amide bonds. The maximum absolute atomic E-state index is 11.8. The molecule has 2 heterocycles. The summed E-state index contributed by atoms with van der Waals surface area (Å²) in [5.74, 6) is 0.0973. The monoisotopic (exact) mass is 299 g/mol. The smallest absolute Gasteiger partial charge is 0.336 e. The molecule has 0 saturated carbocycles. The zero-order chi connectivity index (χ0) is 14.7. The van der Waals surface area contributed by atoms with Crippen molar-refractivity contribution in [3.05, 3.63) is 52.2 Å². The second-order valence-corrected chi connectivity index (χ2v) is 5.62. The Morgan fingerprint density at radius 1 is 1.29 bits per heavy atom. The molecule has 3 rings (SSSR count). The van der Waals surface area contributed by atoms with Gasteiger partial charge in [-0.15, -0.1) is 11.3 Å². The molecule has 5 heteroatoms. The van der Waals surface area contributed by atoms with Gasteiger partial charge in [-0.3, -0.25) is 4.79 Å². The number of amides is 1. The molecule has 1 aromatic heterocycles. The Labute approximate surface area is 126 Å². The predicted octanol–water partition coefficient (Wildman–Crippen LogP) is 3.25. The van der Waals surface area contributed by atoms with Crippen molar-refractivity contribution in [1.29, 1.82) is 0 Å². The van der Waals surface area contributed by atoms with Crippen LogP contribution in [0.3, 0.4) is 0 Å². The highest BCUT2D eigenvalue weighted by atomic mass is 32.1. The summed E-state index contributed by atoms with van der Waals surface area (Å²) < 4.78 is 5.27. The summed E-state index contributed by atoms with van der Waals surface area (Å²) >= 11 is 1.56. The average Bonchev–Trinajstić information content (AvgIpc) is 2.99. The van der Waals surface area contributed by atoms with Crippen molar-refractivity contribution in [2.45, 2.75) is 12.8 Å². The first-order chi connectivity index (χ1) is 10.2. The molecule has 0 unspecified atom stereocenters. The summed E-state index contributed by atoms with van der Waals surface area (Å²) in [7, 11) is 0. The molecular formula is C16H13NO3S. The van der Waals surface area contributed by atoms with E-state index < -0.39 is 5.97 Å². The van der Waals surface area contributed by atoms with Crippen LogP contribution >= 0.6 is 11.3 Å². The molecule has 106 valence electrons. The van der Waals surface area contributed by atoms with Crippen molar-refractivity contribution >= 4 is 35.0 Å². The molecule has 0 aliphatic carbocycles. The van der Waals surface area contributed by atoms with Gasteiger partial charge in [0.15, 0.2) is 0 Å². The molecule has 2 aromatic rings. The lowest BCUT2D eigenvalue weighted by molar-refractivity contribution is -0.129. The fourth-order valence-electron chi connectivity index (χ4n) is 2.11. The lowest BCUT2D eigenvalue weighted by atomic mass is 10.0. The van der Waals surface area contributed by atoms with Crippen LogP contribution in [-0.4, -0.2) is 11.9 Å². The highest BCUT2D eigenvalue weighted by molar-refractivity contribution is 7.10. The number of aryl methyl sites for hydroxylation is 1. The third kappa shape index (κ3) is 3.38. The normalized spacial score (nSPS) is 13.8. The SMILES string of the molecule is O=C1CCc2cc(OC(=O)C=Cc3cccs3)ccc2N1. The second kappa shape index (κ2) is 5.93. The van der Waals surface area contributed by atoms with E-state index in [0.717, 1.165) is 16.1 Å². The first-order valence-electron chi connectivity index (χ1n) is 6.57. The maximum Gasteiger partial charge on any atom is 0.336 e. The zero-order valence-electron chi connectivity index (χ0n) is 11.2. The second-order valence-electron chi connectivity index (χ2n) is 4.64. The van der Waals surface area contributed by atoms with Gasteiger partial charge in [-0.05, 0) is 47.7 Å². The van der Waals surface area contributed by atoms with Crippen LogP contribution in [0.15, 0.2) is 41.8 Å². The number of fused-ring (bicyclic) bond motifs is 1. The van der Waals surface area contributed by atoms with Crippen molar-refractivity contribution in [2.75, 3.05) is 5.32 Å².